The monoisotopic (exact) mass is 279 g/mol. The van der Waals surface area contributed by atoms with Crippen LogP contribution in [-0.2, 0) is 6.18 Å². The lowest BCUT2D eigenvalue weighted by Crippen LogP contribution is -2.26. The van der Waals surface area contributed by atoms with Crippen molar-refractivity contribution in [2.24, 2.45) is 0 Å². The Labute approximate surface area is 108 Å². The molecule has 0 heterocycles. The molecule has 6 heteroatoms. The molecule has 18 heavy (non-hydrogen) atoms. The van der Waals surface area contributed by atoms with Gasteiger partial charge in [0.05, 0.1) is 5.56 Å². The van der Waals surface area contributed by atoms with Crippen LogP contribution in [0.5, 0.6) is 0 Å². The molecule has 0 saturated heterocycles. The second-order valence-corrected chi connectivity index (χ2v) is 4.65. The van der Waals surface area contributed by atoms with Crippen molar-refractivity contribution in [2.75, 3.05) is 6.54 Å². The summed E-state index contributed by atoms with van der Waals surface area (Å²) in [6, 6.07) is 4.31. The van der Waals surface area contributed by atoms with Gasteiger partial charge in [-0.05, 0) is 31.5 Å². The average molecular weight is 280 g/mol. The summed E-state index contributed by atoms with van der Waals surface area (Å²) >= 11 is 5.69. The molecule has 1 aromatic rings. The number of benzene rings is 1. The Kier molecular flexibility index (Phi) is 5.02. The summed E-state index contributed by atoms with van der Waals surface area (Å²) in [7, 11) is 0. The van der Waals surface area contributed by atoms with Crippen LogP contribution in [0.1, 0.15) is 29.3 Å². The predicted octanol–water partition coefficient (Wildman–Crippen LogP) is 3.45. The Morgan fingerprint density at radius 1 is 1.44 bits per heavy atom. The molecule has 1 N–H and O–H groups in total. The first-order valence-electron chi connectivity index (χ1n) is 5.40. The van der Waals surface area contributed by atoms with Gasteiger partial charge in [0.15, 0.2) is 0 Å². The van der Waals surface area contributed by atoms with E-state index in [1.165, 1.54) is 12.1 Å². The highest BCUT2D eigenvalue weighted by Gasteiger charge is 2.30. The molecule has 0 aromatic heterocycles. The zero-order valence-corrected chi connectivity index (χ0v) is 10.5. The molecule has 0 saturated carbocycles. The van der Waals surface area contributed by atoms with Gasteiger partial charge in [-0.15, -0.1) is 11.6 Å². The molecular formula is C12H13ClF3NO. The van der Waals surface area contributed by atoms with Crippen molar-refractivity contribution in [1.82, 2.24) is 5.32 Å². The van der Waals surface area contributed by atoms with Crippen LogP contribution in [0, 0.1) is 0 Å². The number of carbonyl (C=O) groups excluding carboxylic acids is 1. The maximum Gasteiger partial charge on any atom is 0.416 e. The van der Waals surface area contributed by atoms with Gasteiger partial charge in [-0.1, -0.05) is 6.07 Å². The third-order valence-corrected chi connectivity index (χ3v) is 2.50. The van der Waals surface area contributed by atoms with E-state index in [1.54, 1.807) is 6.92 Å². The first-order chi connectivity index (χ1) is 8.30. The van der Waals surface area contributed by atoms with Crippen molar-refractivity contribution in [3.05, 3.63) is 35.4 Å². The van der Waals surface area contributed by atoms with Crippen molar-refractivity contribution in [2.45, 2.75) is 24.9 Å². The van der Waals surface area contributed by atoms with Crippen molar-refractivity contribution in [1.29, 1.82) is 0 Å². The van der Waals surface area contributed by atoms with Crippen LogP contribution >= 0.6 is 11.6 Å². The van der Waals surface area contributed by atoms with Crippen LogP contribution in [0.4, 0.5) is 13.2 Å². The number of alkyl halides is 4. The summed E-state index contributed by atoms with van der Waals surface area (Å²) in [5.74, 6) is -0.529. The summed E-state index contributed by atoms with van der Waals surface area (Å²) in [5, 5.41) is 2.43. The maximum atomic E-state index is 12.4. The molecule has 0 radical (unpaired) electrons. The topological polar surface area (TPSA) is 29.1 Å². The highest BCUT2D eigenvalue weighted by atomic mass is 35.5. The lowest BCUT2D eigenvalue weighted by Gasteiger charge is -2.09. The number of hydrogen-bond acceptors (Lipinski definition) is 1. The van der Waals surface area contributed by atoms with Crippen LogP contribution in [0.15, 0.2) is 24.3 Å². The van der Waals surface area contributed by atoms with Crippen LogP contribution < -0.4 is 5.32 Å². The van der Waals surface area contributed by atoms with Crippen LogP contribution in [0.25, 0.3) is 0 Å². The van der Waals surface area contributed by atoms with E-state index >= 15 is 0 Å². The summed E-state index contributed by atoms with van der Waals surface area (Å²) in [5.41, 5.74) is -0.840. The van der Waals surface area contributed by atoms with E-state index in [0.717, 1.165) is 12.1 Å². The molecule has 1 unspecified atom stereocenters. The number of halogens is 4. The fraction of sp³-hybridized carbons (Fsp3) is 0.417. The molecule has 2 nitrogen and oxygen atoms in total. The van der Waals surface area contributed by atoms with Crippen molar-refractivity contribution in [3.8, 4) is 0 Å². The largest absolute Gasteiger partial charge is 0.416 e. The summed E-state index contributed by atoms with van der Waals surface area (Å²) in [6.45, 7) is 2.11. The van der Waals surface area contributed by atoms with Crippen molar-refractivity contribution < 1.29 is 18.0 Å². The Morgan fingerprint density at radius 3 is 2.67 bits per heavy atom. The number of amides is 1. The molecular weight excluding hydrogens is 267 g/mol. The van der Waals surface area contributed by atoms with Crippen LogP contribution in [0.3, 0.4) is 0 Å². The molecule has 100 valence electrons. The van der Waals surface area contributed by atoms with Gasteiger partial charge in [-0.2, -0.15) is 13.2 Å². The average Bonchev–Trinajstić information content (AvgIpc) is 2.27. The smallest absolute Gasteiger partial charge is 0.352 e. The SMILES string of the molecule is CC(Cl)CCNC(=O)c1cccc(C(F)(F)F)c1. The molecule has 1 rings (SSSR count). The van der Waals surface area contributed by atoms with Gasteiger partial charge in [-0.3, -0.25) is 4.79 Å². The van der Waals surface area contributed by atoms with Gasteiger partial charge < -0.3 is 5.32 Å². The van der Waals surface area contributed by atoms with Crippen LogP contribution in [0.2, 0.25) is 0 Å². The normalized spacial score (nSPS) is 13.2. The zero-order valence-electron chi connectivity index (χ0n) is 9.72. The van der Waals surface area contributed by atoms with Crippen molar-refractivity contribution >= 4 is 17.5 Å². The van der Waals surface area contributed by atoms with Gasteiger partial charge in [0.1, 0.15) is 0 Å². The minimum Gasteiger partial charge on any atom is -0.352 e. The maximum absolute atomic E-state index is 12.4. The molecule has 0 spiro atoms. The second kappa shape index (κ2) is 6.09. The van der Waals surface area contributed by atoms with E-state index in [9.17, 15) is 18.0 Å². The van der Waals surface area contributed by atoms with Gasteiger partial charge in [0.2, 0.25) is 0 Å². The van der Waals surface area contributed by atoms with Gasteiger partial charge in [0.25, 0.3) is 5.91 Å². The Hall–Kier alpha value is -1.23. The Bertz CT molecular complexity index is 418. The van der Waals surface area contributed by atoms with E-state index in [1.807, 2.05) is 0 Å². The van der Waals surface area contributed by atoms with Gasteiger partial charge >= 0.3 is 6.18 Å². The molecule has 0 fully saturated rings. The minimum absolute atomic E-state index is 0.00736. The van der Waals surface area contributed by atoms with Gasteiger partial charge in [-0.25, -0.2) is 0 Å². The van der Waals surface area contributed by atoms with E-state index in [4.69, 9.17) is 11.6 Å². The lowest BCUT2D eigenvalue weighted by atomic mass is 10.1. The number of carbonyl (C=O) groups is 1. The first-order valence-corrected chi connectivity index (χ1v) is 5.84. The van der Waals surface area contributed by atoms with E-state index in [0.29, 0.717) is 13.0 Å². The molecule has 1 amide bonds. The molecule has 1 aromatic carbocycles. The summed E-state index contributed by atoms with van der Waals surface area (Å²) in [4.78, 5) is 11.6. The quantitative estimate of drug-likeness (QED) is 0.841. The summed E-state index contributed by atoms with van der Waals surface area (Å²) in [6.07, 6.45) is -3.88. The Morgan fingerprint density at radius 2 is 2.11 bits per heavy atom. The number of hydrogen-bond donors (Lipinski definition) is 1. The Balaban J connectivity index is 2.69. The number of nitrogens with one attached hydrogen (secondary N) is 1. The number of rotatable bonds is 4. The molecule has 0 aliphatic rings. The third-order valence-electron chi connectivity index (χ3n) is 2.28. The third kappa shape index (κ3) is 4.56. The highest BCUT2D eigenvalue weighted by molar-refractivity contribution is 6.20. The van der Waals surface area contributed by atoms with Crippen LogP contribution in [-0.4, -0.2) is 17.8 Å². The zero-order chi connectivity index (χ0) is 13.8. The first kappa shape index (κ1) is 14.8. The molecule has 0 aliphatic carbocycles. The minimum atomic E-state index is -4.44. The molecule has 1 atom stereocenters. The van der Waals surface area contributed by atoms with E-state index in [2.05, 4.69) is 5.32 Å². The standard InChI is InChI=1S/C12H13ClF3NO/c1-8(13)5-6-17-11(18)9-3-2-4-10(7-9)12(14,15)16/h2-4,7-8H,5-6H2,1H3,(H,17,18). The highest BCUT2D eigenvalue weighted by Crippen LogP contribution is 2.29. The van der Waals surface area contributed by atoms with E-state index in [-0.39, 0.29) is 10.9 Å². The summed E-state index contributed by atoms with van der Waals surface area (Å²) < 4.78 is 37.3. The lowest BCUT2D eigenvalue weighted by molar-refractivity contribution is -0.137. The molecule has 0 aliphatic heterocycles. The molecule has 0 bridgehead atoms. The second-order valence-electron chi connectivity index (χ2n) is 3.90. The van der Waals surface area contributed by atoms with Crippen molar-refractivity contribution in [3.63, 3.8) is 0 Å². The van der Waals surface area contributed by atoms with Gasteiger partial charge in [0, 0.05) is 17.5 Å². The van der Waals surface area contributed by atoms with E-state index < -0.39 is 17.6 Å². The predicted molar refractivity (Wildman–Crippen MR) is 63.7 cm³/mol. The fourth-order valence-corrected chi connectivity index (χ4v) is 1.43. The fourth-order valence-electron chi connectivity index (χ4n) is 1.32.